The van der Waals surface area contributed by atoms with Gasteiger partial charge in [0.05, 0.1) is 11.1 Å². The molecule has 2 N–H and O–H groups in total. The summed E-state index contributed by atoms with van der Waals surface area (Å²) in [7, 11) is 0. The summed E-state index contributed by atoms with van der Waals surface area (Å²) in [5.74, 6) is 0.0802. The van der Waals surface area contributed by atoms with Gasteiger partial charge in [0.1, 0.15) is 11.6 Å². The van der Waals surface area contributed by atoms with Gasteiger partial charge in [-0.15, -0.1) is 0 Å². The zero-order chi connectivity index (χ0) is 12.4. The van der Waals surface area contributed by atoms with Gasteiger partial charge in [-0.05, 0) is 41.8 Å². The standard InChI is InChI=1S/C12H10Cl2FNO/c13-8-3-1-2-7(12(8)15)6-9(16)10-4-5-11(14)17-10/h1-5,9H,6,16H2. The van der Waals surface area contributed by atoms with Crippen molar-refractivity contribution in [3.8, 4) is 0 Å². The van der Waals surface area contributed by atoms with Gasteiger partial charge in [-0.1, -0.05) is 23.7 Å². The highest BCUT2D eigenvalue weighted by atomic mass is 35.5. The van der Waals surface area contributed by atoms with Crippen molar-refractivity contribution in [3.63, 3.8) is 0 Å². The van der Waals surface area contributed by atoms with Gasteiger partial charge >= 0.3 is 0 Å². The van der Waals surface area contributed by atoms with Crippen LogP contribution in [0.3, 0.4) is 0 Å². The summed E-state index contributed by atoms with van der Waals surface area (Å²) in [4.78, 5) is 0. The van der Waals surface area contributed by atoms with Gasteiger partial charge in [-0.25, -0.2) is 4.39 Å². The molecule has 0 saturated heterocycles. The molecule has 0 aliphatic rings. The molecule has 0 aliphatic heterocycles. The summed E-state index contributed by atoms with van der Waals surface area (Å²) in [6, 6.07) is 7.65. The Kier molecular flexibility index (Phi) is 3.72. The second kappa shape index (κ2) is 5.08. The quantitative estimate of drug-likeness (QED) is 0.919. The average Bonchev–Trinajstić information content (AvgIpc) is 2.72. The van der Waals surface area contributed by atoms with Crippen LogP contribution in [-0.2, 0) is 6.42 Å². The van der Waals surface area contributed by atoms with Crippen molar-refractivity contribution < 1.29 is 8.81 Å². The number of nitrogens with two attached hydrogens (primary N) is 1. The Morgan fingerprint density at radius 1 is 1.24 bits per heavy atom. The number of halogens is 3. The minimum atomic E-state index is -0.449. The van der Waals surface area contributed by atoms with Gasteiger partial charge in [-0.3, -0.25) is 0 Å². The number of hydrogen-bond acceptors (Lipinski definition) is 2. The van der Waals surface area contributed by atoms with E-state index < -0.39 is 11.9 Å². The lowest BCUT2D eigenvalue weighted by Gasteiger charge is -2.10. The van der Waals surface area contributed by atoms with Gasteiger partial charge in [-0.2, -0.15) is 0 Å². The van der Waals surface area contributed by atoms with Gasteiger partial charge in [0.2, 0.25) is 0 Å². The molecule has 1 heterocycles. The molecule has 0 radical (unpaired) electrons. The predicted octanol–water partition coefficient (Wildman–Crippen LogP) is 3.97. The molecular weight excluding hydrogens is 264 g/mol. The zero-order valence-corrected chi connectivity index (χ0v) is 10.3. The van der Waals surface area contributed by atoms with Gasteiger partial charge in [0, 0.05) is 0 Å². The lowest BCUT2D eigenvalue weighted by Crippen LogP contribution is -2.13. The fourth-order valence-corrected chi connectivity index (χ4v) is 1.92. The van der Waals surface area contributed by atoms with Crippen molar-refractivity contribution in [3.05, 3.63) is 57.7 Å². The molecule has 17 heavy (non-hydrogen) atoms. The van der Waals surface area contributed by atoms with Crippen LogP contribution in [0, 0.1) is 5.82 Å². The van der Waals surface area contributed by atoms with Gasteiger partial charge < -0.3 is 10.2 Å². The Labute approximate surface area is 108 Å². The second-order valence-electron chi connectivity index (χ2n) is 3.67. The van der Waals surface area contributed by atoms with E-state index in [2.05, 4.69) is 0 Å². The van der Waals surface area contributed by atoms with E-state index in [0.29, 0.717) is 17.7 Å². The molecule has 2 rings (SSSR count). The van der Waals surface area contributed by atoms with Crippen LogP contribution in [0.4, 0.5) is 4.39 Å². The lowest BCUT2D eigenvalue weighted by molar-refractivity contribution is 0.462. The average molecular weight is 274 g/mol. The van der Waals surface area contributed by atoms with Crippen LogP contribution in [0.2, 0.25) is 10.2 Å². The van der Waals surface area contributed by atoms with Crippen molar-refractivity contribution in [1.29, 1.82) is 0 Å². The minimum absolute atomic E-state index is 0.0900. The Bertz CT molecular complexity index is 527. The summed E-state index contributed by atoms with van der Waals surface area (Å²) in [5.41, 5.74) is 6.35. The van der Waals surface area contributed by atoms with Crippen LogP contribution in [0.1, 0.15) is 17.4 Å². The molecule has 0 spiro atoms. The van der Waals surface area contributed by atoms with Crippen LogP contribution in [0.5, 0.6) is 0 Å². The number of rotatable bonds is 3. The molecule has 1 aromatic carbocycles. The van der Waals surface area contributed by atoms with Crippen molar-refractivity contribution in [1.82, 2.24) is 0 Å². The third-order valence-electron chi connectivity index (χ3n) is 2.43. The molecule has 2 nitrogen and oxygen atoms in total. The maximum Gasteiger partial charge on any atom is 0.193 e. The summed E-state index contributed by atoms with van der Waals surface area (Å²) in [5, 5.41) is 0.356. The van der Waals surface area contributed by atoms with Gasteiger partial charge in [0.25, 0.3) is 0 Å². The van der Waals surface area contributed by atoms with Crippen LogP contribution < -0.4 is 5.73 Å². The molecule has 90 valence electrons. The van der Waals surface area contributed by atoms with Crippen molar-refractivity contribution in [2.45, 2.75) is 12.5 Å². The third kappa shape index (κ3) is 2.80. The molecule has 1 atom stereocenters. The SMILES string of the molecule is NC(Cc1cccc(Cl)c1F)c1ccc(Cl)o1. The first-order valence-corrected chi connectivity index (χ1v) is 5.77. The van der Waals surface area contributed by atoms with Crippen molar-refractivity contribution in [2.75, 3.05) is 0 Å². The molecule has 0 aliphatic carbocycles. The molecule has 1 aromatic heterocycles. The summed E-state index contributed by atoms with van der Waals surface area (Å²) >= 11 is 11.3. The molecule has 0 amide bonds. The maximum atomic E-state index is 13.6. The van der Waals surface area contributed by atoms with Gasteiger partial charge in [0.15, 0.2) is 5.22 Å². The number of furan rings is 1. The Balaban J connectivity index is 2.18. The van der Waals surface area contributed by atoms with E-state index in [1.807, 2.05) is 0 Å². The fraction of sp³-hybridized carbons (Fsp3) is 0.167. The normalized spacial score (nSPS) is 12.7. The van der Waals surface area contributed by atoms with Crippen molar-refractivity contribution >= 4 is 23.2 Å². The van der Waals surface area contributed by atoms with Crippen LogP contribution >= 0.6 is 23.2 Å². The number of benzene rings is 1. The lowest BCUT2D eigenvalue weighted by atomic mass is 10.0. The molecule has 1 unspecified atom stereocenters. The third-order valence-corrected chi connectivity index (χ3v) is 2.93. The highest BCUT2D eigenvalue weighted by Gasteiger charge is 2.15. The Morgan fingerprint density at radius 2 is 2.00 bits per heavy atom. The zero-order valence-electron chi connectivity index (χ0n) is 8.79. The van der Waals surface area contributed by atoms with E-state index in [1.54, 1.807) is 24.3 Å². The van der Waals surface area contributed by atoms with E-state index >= 15 is 0 Å². The first-order valence-electron chi connectivity index (χ1n) is 5.01. The smallest absolute Gasteiger partial charge is 0.193 e. The van der Waals surface area contributed by atoms with E-state index in [1.165, 1.54) is 6.07 Å². The first kappa shape index (κ1) is 12.4. The van der Waals surface area contributed by atoms with E-state index in [4.69, 9.17) is 33.4 Å². The molecule has 0 bridgehead atoms. The predicted molar refractivity (Wildman–Crippen MR) is 65.8 cm³/mol. The Morgan fingerprint density at radius 3 is 2.65 bits per heavy atom. The summed E-state index contributed by atoms with van der Waals surface area (Å²) in [6.07, 6.45) is 0.302. The van der Waals surface area contributed by atoms with E-state index in [9.17, 15) is 4.39 Å². The highest BCUT2D eigenvalue weighted by molar-refractivity contribution is 6.30. The van der Waals surface area contributed by atoms with Crippen molar-refractivity contribution in [2.24, 2.45) is 5.73 Å². The highest BCUT2D eigenvalue weighted by Crippen LogP contribution is 2.24. The molecular formula is C12H10Cl2FNO. The fourth-order valence-electron chi connectivity index (χ4n) is 1.57. The molecule has 0 saturated carbocycles. The Hall–Kier alpha value is -1.03. The van der Waals surface area contributed by atoms with E-state index in [0.717, 1.165) is 0 Å². The topological polar surface area (TPSA) is 39.2 Å². The largest absolute Gasteiger partial charge is 0.448 e. The number of hydrogen-bond donors (Lipinski definition) is 1. The van der Waals surface area contributed by atoms with Crippen LogP contribution in [0.15, 0.2) is 34.7 Å². The summed E-state index contributed by atoms with van der Waals surface area (Å²) < 4.78 is 18.8. The molecule has 5 heteroatoms. The molecule has 2 aromatic rings. The first-order chi connectivity index (χ1) is 8.08. The van der Waals surface area contributed by atoms with Crippen LogP contribution in [-0.4, -0.2) is 0 Å². The molecule has 0 fully saturated rings. The maximum absolute atomic E-state index is 13.6. The van der Waals surface area contributed by atoms with Crippen LogP contribution in [0.25, 0.3) is 0 Å². The second-order valence-corrected chi connectivity index (χ2v) is 4.45. The minimum Gasteiger partial charge on any atom is -0.448 e. The monoisotopic (exact) mass is 273 g/mol. The van der Waals surface area contributed by atoms with E-state index in [-0.39, 0.29) is 10.2 Å². The summed E-state index contributed by atoms with van der Waals surface area (Å²) in [6.45, 7) is 0.